The van der Waals surface area contributed by atoms with E-state index in [9.17, 15) is 33.0 Å². The monoisotopic (exact) mass is 457 g/mol. The molecule has 0 aliphatic rings. The number of hydrogen-bond donors (Lipinski definition) is 5. The van der Waals surface area contributed by atoms with E-state index in [-0.39, 0.29) is 28.6 Å². The molecule has 0 spiro atoms. The van der Waals surface area contributed by atoms with Crippen molar-refractivity contribution in [2.24, 2.45) is 5.73 Å². The van der Waals surface area contributed by atoms with Gasteiger partial charge in [0.2, 0.25) is 5.75 Å². The normalized spacial score (nSPS) is 12.9. The van der Waals surface area contributed by atoms with Gasteiger partial charge in [0.15, 0.2) is 11.5 Å². The predicted molar refractivity (Wildman–Crippen MR) is 104 cm³/mol. The first-order valence-electron chi connectivity index (χ1n) is 8.57. The molecule has 32 heavy (non-hydrogen) atoms. The summed E-state index contributed by atoms with van der Waals surface area (Å²) < 4.78 is 53.2. The van der Waals surface area contributed by atoms with Crippen LogP contribution in [0.15, 0.2) is 36.4 Å². The fraction of sp³-hybridized carbons (Fsp3) is 0.211. The van der Waals surface area contributed by atoms with Crippen LogP contribution in [0.1, 0.15) is 11.1 Å². The molecule has 0 fully saturated rings. The number of carboxylic acids is 1. The largest absolute Gasteiger partial charge is 0.502 e. The van der Waals surface area contributed by atoms with E-state index in [4.69, 9.17) is 20.6 Å². The number of nitrogens with one attached hydrogen (secondary N) is 2. The molecule has 2 rings (SSSR count). The van der Waals surface area contributed by atoms with Crippen LogP contribution in [0.3, 0.4) is 0 Å². The second-order valence-corrected chi connectivity index (χ2v) is 6.22. The highest BCUT2D eigenvalue weighted by Crippen LogP contribution is 2.42. The van der Waals surface area contributed by atoms with Crippen LogP contribution in [0.25, 0.3) is 0 Å². The number of amidine groups is 1. The van der Waals surface area contributed by atoms with E-state index >= 15 is 0 Å². The number of anilines is 1. The first-order valence-corrected chi connectivity index (χ1v) is 8.57. The molecule has 0 aromatic heterocycles. The van der Waals surface area contributed by atoms with Gasteiger partial charge in [-0.1, -0.05) is 0 Å². The zero-order chi connectivity index (χ0) is 24.3. The molecule has 0 radical (unpaired) electrons. The number of phenolic OH excluding ortho intramolecular Hbond substituents is 1. The molecule has 13 heteroatoms. The standard InChI is InChI=1S/C19H18F3N3O7/c1-30-12-7-10(8-13(31-2)14(12)26)18(16(27)28,32-17(29)19(20,21)22)25-11-5-3-9(4-6-11)15(23)24/h3-8,25-26H,1-2H3,(H3,23,24)(H,27,28). The quantitative estimate of drug-likeness (QED) is 0.173. The van der Waals surface area contributed by atoms with Crippen LogP contribution in [0.2, 0.25) is 0 Å². The van der Waals surface area contributed by atoms with Crippen molar-refractivity contribution in [1.29, 1.82) is 5.41 Å². The number of hydrogen-bond acceptors (Lipinski definition) is 8. The van der Waals surface area contributed by atoms with Crippen molar-refractivity contribution in [3.63, 3.8) is 0 Å². The van der Waals surface area contributed by atoms with Gasteiger partial charge >= 0.3 is 23.8 Å². The van der Waals surface area contributed by atoms with Crippen molar-refractivity contribution in [3.05, 3.63) is 47.5 Å². The van der Waals surface area contributed by atoms with Gasteiger partial charge in [-0.3, -0.25) is 5.41 Å². The molecule has 6 N–H and O–H groups in total. The number of carbonyl (C=O) groups is 2. The van der Waals surface area contributed by atoms with E-state index in [2.05, 4.69) is 10.1 Å². The summed E-state index contributed by atoms with van der Waals surface area (Å²) in [5.41, 5.74) is 1.80. The lowest BCUT2D eigenvalue weighted by atomic mass is 10.00. The summed E-state index contributed by atoms with van der Waals surface area (Å²) in [4.78, 5) is 23.9. The molecule has 0 heterocycles. The number of carboxylic acid groups (broad SMARTS) is 1. The molecular weight excluding hydrogens is 439 g/mol. The van der Waals surface area contributed by atoms with E-state index in [0.717, 1.165) is 26.4 Å². The molecule has 2 aromatic rings. The maximum absolute atomic E-state index is 13.0. The zero-order valence-electron chi connectivity index (χ0n) is 16.6. The van der Waals surface area contributed by atoms with Gasteiger partial charge in [0.25, 0.3) is 0 Å². The minimum atomic E-state index is -5.52. The van der Waals surface area contributed by atoms with Gasteiger partial charge in [-0.2, -0.15) is 13.2 Å². The maximum atomic E-state index is 13.0. The highest BCUT2D eigenvalue weighted by atomic mass is 19.4. The number of phenols is 1. The van der Waals surface area contributed by atoms with E-state index in [1.807, 2.05) is 0 Å². The van der Waals surface area contributed by atoms with Crippen molar-refractivity contribution in [3.8, 4) is 17.2 Å². The average molecular weight is 457 g/mol. The highest BCUT2D eigenvalue weighted by Gasteiger charge is 2.52. The molecule has 0 aliphatic heterocycles. The molecule has 2 aromatic carbocycles. The van der Waals surface area contributed by atoms with E-state index in [1.165, 1.54) is 24.3 Å². The van der Waals surface area contributed by atoms with Gasteiger partial charge in [0, 0.05) is 16.8 Å². The van der Waals surface area contributed by atoms with E-state index in [0.29, 0.717) is 0 Å². The molecule has 10 nitrogen and oxygen atoms in total. The molecule has 1 unspecified atom stereocenters. The highest BCUT2D eigenvalue weighted by molar-refractivity contribution is 5.95. The first kappa shape index (κ1) is 24.1. The Morgan fingerprint density at radius 3 is 1.94 bits per heavy atom. The van der Waals surface area contributed by atoms with Gasteiger partial charge in [-0.05, 0) is 36.4 Å². The Bertz CT molecular complexity index is 1020. The van der Waals surface area contributed by atoms with E-state index < -0.39 is 35.2 Å². The van der Waals surface area contributed by atoms with Gasteiger partial charge in [-0.25, -0.2) is 9.59 Å². The van der Waals surface area contributed by atoms with Crippen LogP contribution in [0.4, 0.5) is 18.9 Å². The van der Waals surface area contributed by atoms with Crippen molar-refractivity contribution in [2.75, 3.05) is 19.5 Å². The average Bonchev–Trinajstić information content (AvgIpc) is 2.72. The van der Waals surface area contributed by atoms with Crippen molar-refractivity contribution < 1.29 is 47.2 Å². The number of rotatable bonds is 8. The summed E-state index contributed by atoms with van der Waals surface area (Å²) in [5.74, 6) is -6.41. The number of aliphatic carboxylic acids is 1. The predicted octanol–water partition coefficient (Wildman–Crippen LogP) is 2.15. The van der Waals surface area contributed by atoms with Crippen LogP contribution >= 0.6 is 0 Å². The Balaban J connectivity index is 2.73. The number of methoxy groups -OCH3 is 2. The number of alkyl halides is 3. The molecule has 0 aliphatic carbocycles. The van der Waals surface area contributed by atoms with Crippen LogP contribution < -0.4 is 20.5 Å². The van der Waals surface area contributed by atoms with Crippen LogP contribution in [0, 0.1) is 5.41 Å². The van der Waals surface area contributed by atoms with Crippen LogP contribution in [-0.2, 0) is 20.1 Å². The number of nitrogen functional groups attached to an aromatic ring is 1. The summed E-state index contributed by atoms with van der Waals surface area (Å²) in [6.45, 7) is 0. The number of halogens is 3. The van der Waals surface area contributed by atoms with Gasteiger partial charge < -0.3 is 35.5 Å². The van der Waals surface area contributed by atoms with Crippen LogP contribution in [0.5, 0.6) is 17.2 Å². The Hall–Kier alpha value is -4.16. The number of carbonyl (C=O) groups excluding carboxylic acids is 1. The summed E-state index contributed by atoms with van der Waals surface area (Å²) in [6.07, 6.45) is -5.52. The molecule has 172 valence electrons. The third-order valence-corrected chi connectivity index (χ3v) is 4.18. The summed E-state index contributed by atoms with van der Waals surface area (Å²) in [5, 5.41) is 29.6. The third kappa shape index (κ3) is 4.77. The summed E-state index contributed by atoms with van der Waals surface area (Å²) >= 11 is 0. The lowest BCUT2D eigenvalue weighted by Crippen LogP contribution is -2.49. The van der Waals surface area contributed by atoms with Gasteiger partial charge in [0.1, 0.15) is 5.84 Å². The maximum Gasteiger partial charge on any atom is 0.491 e. The smallest absolute Gasteiger partial charge is 0.491 e. The molecule has 0 saturated heterocycles. The first-order chi connectivity index (χ1) is 14.9. The van der Waals surface area contributed by atoms with E-state index in [1.54, 1.807) is 0 Å². The van der Waals surface area contributed by atoms with Crippen molar-refractivity contribution in [1.82, 2.24) is 0 Å². The summed E-state index contributed by atoms with van der Waals surface area (Å²) in [6, 6.07) is 6.75. The van der Waals surface area contributed by atoms with Gasteiger partial charge in [-0.15, -0.1) is 0 Å². The fourth-order valence-corrected chi connectivity index (χ4v) is 2.61. The van der Waals surface area contributed by atoms with Crippen molar-refractivity contribution in [2.45, 2.75) is 11.9 Å². The Labute approximate surface area is 178 Å². The molecule has 0 saturated carbocycles. The third-order valence-electron chi connectivity index (χ3n) is 4.18. The second kappa shape index (κ2) is 8.91. The molecule has 0 bridgehead atoms. The Morgan fingerprint density at radius 2 is 1.56 bits per heavy atom. The van der Waals surface area contributed by atoms with Crippen molar-refractivity contribution >= 4 is 23.5 Å². The topological polar surface area (TPSA) is 164 Å². The summed E-state index contributed by atoms with van der Waals surface area (Å²) in [7, 11) is 2.21. The number of nitrogens with two attached hydrogens (primary N) is 1. The molecule has 0 amide bonds. The SMILES string of the molecule is COc1cc(C(Nc2ccc(C(=N)N)cc2)(OC(=O)C(F)(F)F)C(=O)O)cc(OC)c1O. The lowest BCUT2D eigenvalue weighted by molar-refractivity contribution is -0.216. The second-order valence-electron chi connectivity index (χ2n) is 6.22. The molecule has 1 atom stereocenters. The zero-order valence-corrected chi connectivity index (χ0v) is 16.6. The number of ether oxygens (including phenoxy) is 3. The minimum absolute atomic E-state index is 0.0987. The van der Waals surface area contributed by atoms with Gasteiger partial charge in [0.05, 0.1) is 14.2 Å². The number of aromatic hydroxyl groups is 1. The lowest BCUT2D eigenvalue weighted by Gasteiger charge is -2.32. The fourth-order valence-electron chi connectivity index (χ4n) is 2.61. The minimum Gasteiger partial charge on any atom is -0.502 e. The van der Waals surface area contributed by atoms with Crippen LogP contribution in [-0.4, -0.2) is 48.4 Å². The number of esters is 1. The Kier molecular flexibility index (Phi) is 6.72. The Morgan fingerprint density at radius 1 is 1.06 bits per heavy atom. The number of benzene rings is 2. The molecular formula is C19H18F3N3O7.